The summed E-state index contributed by atoms with van der Waals surface area (Å²) in [6.07, 6.45) is 0. The Morgan fingerprint density at radius 2 is 1.13 bits per heavy atom. The van der Waals surface area contributed by atoms with Crippen LogP contribution in [0.25, 0.3) is 32.9 Å². The summed E-state index contributed by atoms with van der Waals surface area (Å²) in [7, 11) is 0. The van der Waals surface area contributed by atoms with E-state index < -0.39 is 0 Å². The van der Waals surface area contributed by atoms with Gasteiger partial charge in [0.15, 0.2) is 11.6 Å². The lowest BCUT2D eigenvalue weighted by atomic mass is 10.2. The Morgan fingerprint density at radius 1 is 0.685 bits per heavy atom. The van der Waals surface area contributed by atoms with Crippen molar-refractivity contribution >= 4 is 72.3 Å². The highest BCUT2D eigenvalue weighted by Gasteiger charge is 2.15. The van der Waals surface area contributed by atoms with Crippen LogP contribution in [0.5, 0.6) is 0 Å². The number of nitrogens with zero attached hydrogens (tertiary/aromatic N) is 7. The van der Waals surface area contributed by atoms with Gasteiger partial charge in [-0.05, 0) is 97.4 Å². The second kappa shape index (κ2) is 16.1. The Kier molecular flexibility index (Phi) is 11.1. The van der Waals surface area contributed by atoms with Gasteiger partial charge in [-0.1, -0.05) is 36.4 Å². The molecule has 2 N–H and O–H groups in total. The number of amides is 2. The van der Waals surface area contributed by atoms with Crippen molar-refractivity contribution in [2.45, 2.75) is 34.6 Å². The van der Waals surface area contributed by atoms with Gasteiger partial charge in [0, 0.05) is 60.8 Å². The number of aromatic nitrogens is 6. The van der Waals surface area contributed by atoms with Crippen LogP contribution >= 0.6 is 15.9 Å². The molecule has 14 heteroatoms. The lowest BCUT2D eigenvalue weighted by molar-refractivity contribution is -0.117. The van der Waals surface area contributed by atoms with Crippen LogP contribution in [0.4, 0.5) is 23.0 Å². The maximum atomic E-state index is 13.1. The molecule has 2 amide bonds. The molecule has 0 saturated carbocycles. The molecule has 0 fully saturated rings. The molecule has 13 nitrogen and oxygen atoms in total. The second-order valence-electron chi connectivity index (χ2n) is 12.3. The summed E-state index contributed by atoms with van der Waals surface area (Å²) < 4.78 is 3.33. The number of carbonyl (C=O) groups is 2. The van der Waals surface area contributed by atoms with Crippen molar-refractivity contribution in [3.63, 3.8) is 0 Å². The minimum Gasteiger partial charge on any atom is -0.321 e. The Bertz CT molecular complexity index is 2600. The van der Waals surface area contributed by atoms with Crippen LogP contribution in [0.3, 0.4) is 0 Å². The highest BCUT2D eigenvalue weighted by molar-refractivity contribution is 9.10. The van der Waals surface area contributed by atoms with Gasteiger partial charge in [0.2, 0.25) is 11.8 Å². The molecule has 0 aliphatic rings. The molecule has 54 heavy (non-hydrogen) atoms. The maximum Gasteiger partial charge on any atom is 0.279 e. The summed E-state index contributed by atoms with van der Waals surface area (Å²) in [5.74, 6) is 1.09. The first-order valence-electron chi connectivity index (χ1n) is 17.3. The number of nitrogens with one attached hydrogen (secondary N) is 2. The van der Waals surface area contributed by atoms with E-state index in [0.717, 1.165) is 22.5 Å². The molecule has 0 spiro atoms. The number of anilines is 4. The average molecular weight is 789 g/mol. The molecular formula is C40H38BrN9O4. The van der Waals surface area contributed by atoms with Crippen LogP contribution < -0.4 is 26.2 Å². The van der Waals surface area contributed by atoms with E-state index >= 15 is 0 Å². The van der Waals surface area contributed by atoms with E-state index in [1.807, 2.05) is 87.5 Å². The van der Waals surface area contributed by atoms with E-state index in [9.17, 15) is 19.2 Å². The highest BCUT2D eigenvalue weighted by atomic mass is 79.9. The number of aromatic amines is 1. The fraction of sp³-hybridized carbons (Fsp3) is 0.175. The summed E-state index contributed by atoms with van der Waals surface area (Å²) >= 11 is 3.42. The van der Waals surface area contributed by atoms with Crippen LogP contribution in [-0.2, 0) is 9.59 Å². The predicted molar refractivity (Wildman–Crippen MR) is 216 cm³/mol. The third-order valence-corrected chi connectivity index (χ3v) is 9.31. The largest absolute Gasteiger partial charge is 0.321 e. The minimum atomic E-state index is -0.221. The monoisotopic (exact) mass is 787 g/mol. The smallest absolute Gasteiger partial charge is 0.279 e. The van der Waals surface area contributed by atoms with Gasteiger partial charge in [0.1, 0.15) is 4.60 Å². The topological polar surface area (TPSA) is 151 Å². The third kappa shape index (κ3) is 7.69. The van der Waals surface area contributed by atoms with Gasteiger partial charge in [-0.3, -0.25) is 24.3 Å². The quantitative estimate of drug-likeness (QED) is 0.166. The summed E-state index contributed by atoms with van der Waals surface area (Å²) in [5.41, 5.74) is 3.33. The Labute approximate surface area is 319 Å². The van der Waals surface area contributed by atoms with E-state index in [-0.39, 0.29) is 22.9 Å². The van der Waals surface area contributed by atoms with Crippen molar-refractivity contribution in [3.05, 3.63) is 134 Å². The molecule has 3 aromatic heterocycles. The van der Waals surface area contributed by atoms with Crippen LogP contribution in [0.15, 0.2) is 117 Å². The highest BCUT2D eigenvalue weighted by Crippen LogP contribution is 2.24. The van der Waals surface area contributed by atoms with E-state index in [1.54, 1.807) is 46.2 Å². The molecule has 0 radical (unpaired) electrons. The molecule has 7 rings (SSSR count). The second-order valence-corrected chi connectivity index (χ2v) is 13.0. The van der Waals surface area contributed by atoms with Crippen LogP contribution in [0, 0.1) is 6.92 Å². The molecule has 0 aliphatic heterocycles. The van der Waals surface area contributed by atoms with E-state index in [2.05, 4.69) is 41.6 Å². The molecule has 274 valence electrons. The zero-order valence-corrected chi connectivity index (χ0v) is 32.0. The lowest BCUT2D eigenvalue weighted by Gasteiger charge is -2.19. The standard InChI is InChI=1S/C22H22N6O2.C18H16BrN3O2/c1-4-27(15(3)29)16-9-11-17(12-10-16)28-22(30)19-8-6-5-7-18(19)21(26-28)23-20-13-14(2)24-25-20;1-3-21(12(2)23)13-8-10-14(11-9-13)22-18(24)16-7-5-4-6-15(16)17(19)20-22/h5-13H,4H2,1-3H3,(H2,23,24,25,26);4-11H,3H2,1-2H3. The fourth-order valence-corrected chi connectivity index (χ4v) is 6.61. The Hall–Kier alpha value is -6.41. The normalized spacial score (nSPS) is 10.9. The van der Waals surface area contributed by atoms with Crippen molar-refractivity contribution in [2.75, 3.05) is 28.2 Å². The van der Waals surface area contributed by atoms with Crippen molar-refractivity contribution < 1.29 is 9.59 Å². The number of benzene rings is 4. The van der Waals surface area contributed by atoms with E-state index in [1.165, 1.54) is 23.2 Å². The number of aryl methyl sites for hydroxylation is 1. The zero-order chi connectivity index (χ0) is 38.5. The van der Waals surface area contributed by atoms with E-state index in [0.29, 0.717) is 56.9 Å². The van der Waals surface area contributed by atoms with E-state index in [4.69, 9.17) is 0 Å². The first-order valence-corrected chi connectivity index (χ1v) is 18.1. The molecule has 0 unspecified atom stereocenters. The molecule has 0 bridgehead atoms. The summed E-state index contributed by atoms with van der Waals surface area (Å²) in [5, 5.41) is 21.8. The number of fused-ring (bicyclic) bond motifs is 2. The van der Waals surface area contributed by atoms with Gasteiger partial charge < -0.3 is 15.1 Å². The lowest BCUT2D eigenvalue weighted by Crippen LogP contribution is -2.28. The Balaban J connectivity index is 0.000000189. The summed E-state index contributed by atoms with van der Waals surface area (Å²) in [6, 6.07) is 30.9. The number of carbonyl (C=O) groups excluding carboxylic acids is 2. The minimum absolute atomic E-state index is 0.0195. The molecule has 3 heterocycles. The SMILES string of the molecule is CCN(C(C)=O)c1ccc(-n2nc(Br)c3ccccc3c2=O)cc1.CCN(C(C)=O)c1ccc(-n2nc(Nc3cc(C)[nH]n3)c3ccccc3c2=O)cc1. The molecular weight excluding hydrogens is 750 g/mol. The van der Waals surface area contributed by atoms with Crippen molar-refractivity contribution in [2.24, 2.45) is 0 Å². The van der Waals surface area contributed by atoms with Crippen LogP contribution in [-0.4, -0.2) is 54.7 Å². The number of hydrogen-bond acceptors (Lipinski definition) is 8. The number of halogens is 1. The summed E-state index contributed by atoms with van der Waals surface area (Å²) in [4.78, 5) is 52.5. The summed E-state index contributed by atoms with van der Waals surface area (Å²) in [6.45, 7) is 9.97. The first kappa shape index (κ1) is 37.4. The van der Waals surface area contributed by atoms with Crippen LogP contribution in [0.2, 0.25) is 0 Å². The van der Waals surface area contributed by atoms with Gasteiger partial charge >= 0.3 is 0 Å². The maximum absolute atomic E-state index is 13.1. The van der Waals surface area contributed by atoms with Crippen LogP contribution in [0.1, 0.15) is 33.4 Å². The number of hydrogen-bond donors (Lipinski definition) is 2. The van der Waals surface area contributed by atoms with Gasteiger partial charge in [-0.15, -0.1) is 5.10 Å². The molecule has 0 aliphatic carbocycles. The first-order chi connectivity index (χ1) is 26.0. The number of H-pyrrole nitrogens is 1. The van der Waals surface area contributed by atoms with Gasteiger partial charge in [-0.2, -0.15) is 19.6 Å². The molecule has 7 aromatic rings. The third-order valence-electron chi connectivity index (χ3n) is 8.72. The average Bonchev–Trinajstić information content (AvgIpc) is 3.59. The Morgan fingerprint density at radius 3 is 1.57 bits per heavy atom. The molecule has 4 aromatic carbocycles. The van der Waals surface area contributed by atoms with Crippen molar-refractivity contribution in [1.82, 2.24) is 29.8 Å². The predicted octanol–water partition coefficient (Wildman–Crippen LogP) is 7.05. The molecule has 0 atom stereocenters. The number of rotatable bonds is 8. The van der Waals surface area contributed by atoms with Crippen molar-refractivity contribution in [3.8, 4) is 11.4 Å². The van der Waals surface area contributed by atoms with Crippen molar-refractivity contribution in [1.29, 1.82) is 0 Å². The van der Waals surface area contributed by atoms with Gasteiger partial charge in [-0.25, -0.2) is 0 Å². The fourth-order valence-electron chi connectivity index (χ4n) is 6.11. The molecule has 0 saturated heterocycles. The zero-order valence-electron chi connectivity index (χ0n) is 30.4. The van der Waals surface area contributed by atoms with Gasteiger partial charge in [0.05, 0.1) is 22.1 Å². The van der Waals surface area contributed by atoms with Gasteiger partial charge in [0.25, 0.3) is 11.1 Å².